The van der Waals surface area contributed by atoms with Crippen LogP contribution in [0.1, 0.15) is 39.9 Å². The highest BCUT2D eigenvalue weighted by Gasteiger charge is 2.59. The van der Waals surface area contributed by atoms with Gasteiger partial charge in [-0.25, -0.2) is 0 Å². The zero-order chi connectivity index (χ0) is 14.8. The molecule has 2 aromatic rings. The van der Waals surface area contributed by atoms with Crippen LogP contribution in [0.5, 0.6) is 0 Å². The van der Waals surface area contributed by atoms with Crippen molar-refractivity contribution < 1.29 is 14.3 Å². The molecule has 0 radical (unpaired) electrons. The predicted molar refractivity (Wildman–Crippen MR) is 79.0 cm³/mol. The van der Waals surface area contributed by atoms with Crippen LogP contribution in [0.25, 0.3) is 11.0 Å². The fourth-order valence-electron chi connectivity index (χ4n) is 3.26. The molecular weight excluding hydrogens is 276 g/mol. The van der Waals surface area contributed by atoms with Crippen LogP contribution in [0.2, 0.25) is 5.02 Å². The summed E-state index contributed by atoms with van der Waals surface area (Å²) >= 11 is 6.14. The van der Waals surface area contributed by atoms with Crippen LogP contribution in [0, 0.1) is 0 Å². The summed E-state index contributed by atoms with van der Waals surface area (Å²) in [5.41, 5.74) is -1.69. The quantitative estimate of drug-likeness (QED) is 0.855. The summed E-state index contributed by atoms with van der Waals surface area (Å²) in [7, 11) is 0. The maximum atomic E-state index is 11.2. The summed E-state index contributed by atoms with van der Waals surface area (Å²) in [4.78, 5) is 0. The lowest BCUT2D eigenvalue weighted by Crippen LogP contribution is -2.43. The van der Waals surface area contributed by atoms with Crippen molar-refractivity contribution in [3.63, 3.8) is 0 Å². The second kappa shape index (κ2) is 4.00. The average molecular weight is 295 g/mol. The minimum atomic E-state index is -1.17. The highest BCUT2D eigenvalue weighted by molar-refractivity contribution is 6.34. The molecule has 0 amide bonds. The molecule has 4 heteroatoms. The van der Waals surface area contributed by atoms with E-state index in [9.17, 15) is 5.11 Å². The molecule has 1 atom stereocenters. The van der Waals surface area contributed by atoms with Crippen LogP contribution < -0.4 is 0 Å². The number of benzene rings is 1. The zero-order valence-corrected chi connectivity index (χ0v) is 12.9. The Labute approximate surface area is 123 Å². The van der Waals surface area contributed by atoms with Gasteiger partial charge in [0.2, 0.25) is 0 Å². The smallest absolute Gasteiger partial charge is 0.153 e. The van der Waals surface area contributed by atoms with Gasteiger partial charge in [0.15, 0.2) is 11.2 Å². The van der Waals surface area contributed by atoms with Crippen molar-refractivity contribution in [3.8, 4) is 0 Å². The first-order valence-corrected chi connectivity index (χ1v) is 7.14. The molecule has 20 heavy (non-hydrogen) atoms. The molecule has 1 aliphatic rings. The highest BCUT2D eigenvalue weighted by atomic mass is 35.5. The van der Waals surface area contributed by atoms with E-state index in [-0.39, 0.29) is 0 Å². The highest BCUT2D eigenvalue weighted by Crippen LogP contribution is 2.51. The van der Waals surface area contributed by atoms with Crippen molar-refractivity contribution in [2.75, 3.05) is 0 Å². The van der Waals surface area contributed by atoms with Gasteiger partial charge in [0.05, 0.1) is 16.2 Å². The molecule has 0 saturated carbocycles. The third kappa shape index (κ3) is 1.88. The minimum absolute atomic E-state index is 0.402. The summed E-state index contributed by atoms with van der Waals surface area (Å²) in [6, 6.07) is 7.43. The number of hydrogen-bond donors (Lipinski definition) is 1. The molecule has 1 unspecified atom stereocenters. The molecule has 2 heterocycles. The number of rotatable bonds is 1. The molecule has 1 aliphatic heterocycles. The van der Waals surface area contributed by atoms with Crippen molar-refractivity contribution in [2.45, 2.75) is 50.9 Å². The molecule has 108 valence electrons. The van der Waals surface area contributed by atoms with Gasteiger partial charge in [0, 0.05) is 11.8 Å². The first kappa shape index (κ1) is 13.9. The van der Waals surface area contributed by atoms with Gasteiger partial charge >= 0.3 is 0 Å². The summed E-state index contributed by atoms with van der Waals surface area (Å²) < 4.78 is 11.8. The first-order chi connectivity index (χ1) is 9.15. The second-order valence-electron chi connectivity index (χ2n) is 6.68. The van der Waals surface area contributed by atoms with E-state index in [4.69, 9.17) is 20.8 Å². The van der Waals surface area contributed by atoms with Crippen LogP contribution in [-0.4, -0.2) is 16.3 Å². The fourth-order valence-corrected chi connectivity index (χ4v) is 3.48. The van der Waals surface area contributed by atoms with Crippen LogP contribution in [0.4, 0.5) is 0 Å². The summed E-state index contributed by atoms with van der Waals surface area (Å²) in [6.07, 6.45) is 0.477. The molecule has 1 saturated heterocycles. The number of furan rings is 1. The number of aliphatic hydroxyl groups is 1. The monoisotopic (exact) mass is 294 g/mol. The Hall–Kier alpha value is -1.03. The molecule has 1 N–H and O–H groups in total. The van der Waals surface area contributed by atoms with Gasteiger partial charge in [-0.15, -0.1) is 0 Å². The number of fused-ring (bicyclic) bond motifs is 1. The van der Waals surface area contributed by atoms with E-state index < -0.39 is 16.8 Å². The summed E-state index contributed by atoms with van der Waals surface area (Å²) in [5, 5.41) is 12.6. The standard InChI is InChI=1S/C16H19ClO3/c1-14(2)9-16(18,15(3,4)20-14)12-8-10-6-5-7-11(17)13(10)19-12/h5-8,18H,9H2,1-4H3. The summed E-state index contributed by atoms with van der Waals surface area (Å²) in [5.74, 6) is 0.510. The Morgan fingerprint density at radius 2 is 1.90 bits per heavy atom. The number of hydrogen-bond acceptors (Lipinski definition) is 3. The van der Waals surface area contributed by atoms with E-state index in [1.54, 1.807) is 6.07 Å². The molecule has 0 spiro atoms. The van der Waals surface area contributed by atoms with Crippen molar-refractivity contribution in [2.24, 2.45) is 0 Å². The molecule has 1 aromatic heterocycles. The van der Waals surface area contributed by atoms with Gasteiger partial charge in [0.1, 0.15) is 5.76 Å². The Morgan fingerprint density at radius 3 is 2.45 bits per heavy atom. The van der Waals surface area contributed by atoms with Crippen molar-refractivity contribution in [1.29, 1.82) is 0 Å². The van der Waals surface area contributed by atoms with Crippen LogP contribution >= 0.6 is 11.6 Å². The second-order valence-corrected chi connectivity index (χ2v) is 7.09. The van der Waals surface area contributed by atoms with Gasteiger partial charge < -0.3 is 14.3 Å². The topological polar surface area (TPSA) is 42.6 Å². The Morgan fingerprint density at radius 1 is 1.20 bits per heavy atom. The van der Waals surface area contributed by atoms with E-state index in [1.807, 2.05) is 45.9 Å². The molecular formula is C16H19ClO3. The molecule has 3 rings (SSSR count). The number of para-hydroxylation sites is 1. The number of halogens is 1. The van der Waals surface area contributed by atoms with E-state index in [0.29, 0.717) is 22.8 Å². The van der Waals surface area contributed by atoms with Crippen molar-refractivity contribution >= 4 is 22.6 Å². The first-order valence-electron chi connectivity index (χ1n) is 6.76. The van der Waals surface area contributed by atoms with Crippen molar-refractivity contribution in [1.82, 2.24) is 0 Å². The lowest BCUT2D eigenvalue weighted by molar-refractivity contribution is -0.136. The lowest BCUT2D eigenvalue weighted by Gasteiger charge is -2.33. The molecule has 3 nitrogen and oxygen atoms in total. The third-order valence-corrected chi connectivity index (χ3v) is 4.41. The van der Waals surface area contributed by atoms with Crippen LogP contribution in [0.3, 0.4) is 0 Å². The van der Waals surface area contributed by atoms with Gasteiger partial charge in [0.25, 0.3) is 0 Å². The van der Waals surface area contributed by atoms with Crippen molar-refractivity contribution in [3.05, 3.63) is 35.0 Å². The molecule has 1 aromatic carbocycles. The van der Waals surface area contributed by atoms with E-state index >= 15 is 0 Å². The fraction of sp³-hybridized carbons (Fsp3) is 0.500. The molecule has 0 bridgehead atoms. The SMILES string of the molecule is CC1(C)CC(O)(c2cc3cccc(Cl)c3o2)C(C)(C)O1. The Kier molecular flexibility index (Phi) is 2.79. The Balaban J connectivity index is 2.17. The molecule has 1 fully saturated rings. The van der Waals surface area contributed by atoms with E-state index in [1.165, 1.54) is 0 Å². The minimum Gasteiger partial charge on any atom is -0.456 e. The largest absolute Gasteiger partial charge is 0.456 e. The average Bonchev–Trinajstić information content (AvgIpc) is 2.78. The number of ether oxygens (including phenoxy) is 1. The third-order valence-electron chi connectivity index (χ3n) is 4.11. The normalized spacial score (nSPS) is 28.1. The van der Waals surface area contributed by atoms with Crippen LogP contribution in [0.15, 0.2) is 28.7 Å². The Bertz CT molecular complexity index is 671. The zero-order valence-electron chi connectivity index (χ0n) is 12.2. The van der Waals surface area contributed by atoms with E-state index in [2.05, 4.69) is 0 Å². The summed E-state index contributed by atoms with van der Waals surface area (Å²) in [6.45, 7) is 7.72. The van der Waals surface area contributed by atoms with Gasteiger partial charge in [-0.3, -0.25) is 0 Å². The van der Waals surface area contributed by atoms with Gasteiger partial charge in [-0.1, -0.05) is 23.7 Å². The molecule has 0 aliphatic carbocycles. The van der Waals surface area contributed by atoms with E-state index in [0.717, 1.165) is 5.39 Å². The van der Waals surface area contributed by atoms with Gasteiger partial charge in [-0.05, 0) is 39.8 Å². The maximum Gasteiger partial charge on any atom is 0.153 e. The van der Waals surface area contributed by atoms with Gasteiger partial charge in [-0.2, -0.15) is 0 Å². The maximum absolute atomic E-state index is 11.2. The van der Waals surface area contributed by atoms with Crippen LogP contribution in [-0.2, 0) is 10.3 Å². The lowest BCUT2D eigenvalue weighted by atomic mass is 9.80. The predicted octanol–water partition coefficient (Wildman–Crippen LogP) is 4.25.